The minimum atomic E-state index is 0.690. The summed E-state index contributed by atoms with van der Waals surface area (Å²) in [6.45, 7) is 0. The molecule has 5 aromatic carbocycles. The van der Waals surface area contributed by atoms with Crippen LogP contribution in [-0.2, 0) is 0 Å². The Morgan fingerprint density at radius 1 is 0.417 bits per heavy atom. The smallest absolute Gasteiger partial charge is 0.160 e. The zero-order valence-corrected chi connectivity index (χ0v) is 19.5. The van der Waals surface area contributed by atoms with Crippen LogP contribution in [0.3, 0.4) is 0 Å². The van der Waals surface area contributed by atoms with E-state index < -0.39 is 0 Å². The van der Waals surface area contributed by atoms with Crippen LogP contribution in [0.2, 0.25) is 0 Å². The highest BCUT2D eigenvalue weighted by Gasteiger charge is 2.14. The molecule has 0 unspecified atom stereocenters. The quantitative estimate of drug-likeness (QED) is 0.249. The van der Waals surface area contributed by atoms with Crippen LogP contribution >= 0.6 is 0 Å². The molecule has 0 saturated carbocycles. The number of hydrogen-bond donors (Lipinski definition) is 0. The second-order valence-corrected chi connectivity index (χ2v) is 8.95. The molecule has 168 valence electrons. The number of pyridine rings is 1. The van der Waals surface area contributed by atoms with E-state index in [1.54, 1.807) is 12.4 Å². The minimum absolute atomic E-state index is 0.690. The summed E-state index contributed by atoms with van der Waals surface area (Å²) in [4.78, 5) is 14.3. The van der Waals surface area contributed by atoms with Gasteiger partial charge in [-0.1, -0.05) is 84.9 Å². The van der Waals surface area contributed by atoms with Crippen molar-refractivity contribution >= 4 is 32.3 Å². The van der Waals surface area contributed by atoms with Gasteiger partial charge in [-0.3, -0.25) is 4.98 Å². The van der Waals surface area contributed by atoms with Crippen molar-refractivity contribution in [2.75, 3.05) is 0 Å². The molecule has 0 amide bonds. The van der Waals surface area contributed by atoms with Gasteiger partial charge in [0, 0.05) is 29.1 Å². The van der Waals surface area contributed by atoms with Gasteiger partial charge in [-0.2, -0.15) is 0 Å². The first-order chi connectivity index (χ1) is 17.8. The summed E-state index contributed by atoms with van der Waals surface area (Å²) < 4.78 is 0. The van der Waals surface area contributed by atoms with Crippen LogP contribution in [0, 0.1) is 0 Å². The number of fused-ring (bicyclic) bond motifs is 4. The van der Waals surface area contributed by atoms with E-state index >= 15 is 0 Å². The maximum atomic E-state index is 5.08. The minimum Gasteiger partial charge on any atom is -0.265 e. The zero-order chi connectivity index (χ0) is 23.9. The number of hydrogen-bond acceptors (Lipinski definition) is 3. The molecule has 0 aliphatic heterocycles. The van der Waals surface area contributed by atoms with Crippen LogP contribution in [0.15, 0.2) is 128 Å². The predicted molar refractivity (Wildman–Crippen MR) is 149 cm³/mol. The molecular weight excluding hydrogens is 438 g/mol. The van der Waals surface area contributed by atoms with E-state index in [4.69, 9.17) is 9.97 Å². The summed E-state index contributed by atoms with van der Waals surface area (Å²) in [7, 11) is 0. The highest BCUT2D eigenvalue weighted by molar-refractivity contribution is 6.13. The molecule has 0 radical (unpaired) electrons. The fourth-order valence-corrected chi connectivity index (χ4v) is 4.98. The van der Waals surface area contributed by atoms with Crippen molar-refractivity contribution < 1.29 is 0 Å². The number of nitrogens with zero attached hydrogens (tertiary/aromatic N) is 3. The van der Waals surface area contributed by atoms with Gasteiger partial charge in [0.1, 0.15) is 0 Å². The number of rotatable bonds is 3. The third-order valence-electron chi connectivity index (χ3n) is 6.75. The molecule has 0 aliphatic rings. The van der Waals surface area contributed by atoms with Gasteiger partial charge in [-0.15, -0.1) is 0 Å². The molecular formula is C33H21N3. The van der Waals surface area contributed by atoms with E-state index in [0.717, 1.165) is 28.1 Å². The summed E-state index contributed by atoms with van der Waals surface area (Å²) in [5.41, 5.74) is 4.91. The van der Waals surface area contributed by atoms with E-state index in [0.29, 0.717) is 5.82 Å². The van der Waals surface area contributed by atoms with Gasteiger partial charge in [0.25, 0.3) is 0 Å². The van der Waals surface area contributed by atoms with Crippen LogP contribution in [-0.4, -0.2) is 15.0 Å². The molecule has 3 nitrogen and oxygen atoms in total. The van der Waals surface area contributed by atoms with Gasteiger partial charge in [-0.25, -0.2) is 9.97 Å². The molecule has 0 bridgehead atoms. The van der Waals surface area contributed by atoms with Crippen molar-refractivity contribution in [3.05, 3.63) is 128 Å². The Hall–Kier alpha value is -4.89. The van der Waals surface area contributed by atoms with Crippen LogP contribution < -0.4 is 0 Å². The van der Waals surface area contributed by atoms with Gasteiger partial charge in [0.2, 0.25) is 0 Å². The highest BCUT2D eigenvalue weighted by atomic mass is 14.9. The van der Waals surface area contributed by atoms with Crippen molar-refractivity contribution in [2.45, 2.75) is 0 Å². The van der Waals surface area contributed by atoms with E-state index in [9.17, 15) is 0 Å². The highest BCUT2D eigenvalue weighted by Crippen LogP contribution is 2.36. The summed E-state index contributed by atoms with van der Waals surface area (Å²) in [5.74, 6) is 0.690. The average Bonchev–Trinajstić information content (AvgIpc) is 2.96. The van der Waals surface area contributed by atoms with Gasteiger partial charge >= 0.3 is 0 Å². The van der Waals surface area contributed by atoms with Gasteiger partial charge < -0.3 is 0 Å². The third-order valence-corrected chi connectivity index (χ3v) is 6.75. The summed E-state index contributed by atoms with van der Waals surface area (Å²) in [6, 6.07) is 40.3. The topological polar surface area (TPSA) is 38.7 Å². The van der Waals surface area contributed by atoms with Crippen molar-refractivity contribution in [3.63, 3.8) is 0 Å². The lowest BCUT2D eigenvalue weighted by atomic mass is 9.95. The lowest BCUT2D eigenvalue weighted by molar-refractivity contribution is 1.18. The van der Waals surface area contributed by atoms with Crippen LogP contribution in [0.1, 0.15) is 0 Å². The Labute approximate surface area is 208 Å². The van der Waals surface area contributed by atoms with Gasteiger partial charge in [0.15, 0.2) is 5.82 Å². The first-order valence-corrected chi connectivity index (χ1v) is 12.0. The molecule has 7 aromatic rings. The fraction of sp³-hybridized carbons (Fsp3) is 0. The normalized spacial score (nSPS) is 11.3. The van der Waals surface area contributed by atoms with Gasteiger partial charge in [0.05, 0.1) is 11.4 Å². The standard InChI is InChI=1S/C33H21N3/c1-2-8-24-19-26(14-13-22(24)7-1)31-21-32(36-33(35-31)23-15-17-34-18-16-23)30-20-25-9-3-4-10-27(25)28-11-5-6-12-29(28)30/h1-21H. The molecule has 0 aliphatic carbocycles. The van der Waals surface area contributed by atoms with Crippen molar-refractivity contribution in [1.29, 1.82) is 0 Å². The summed E-state index contributed by atoms with van der Waals surface area (Å²) >= 11 is 0. The lowest BCUT2D eigenvalue weighted by Gasteiger charge is -2.13. The molecule has 0 saturated heterocycles. The number of benzene rings is 5. The molecule has 0 atom stereocenters. The SMILES string of the molecule is c1ccc2cc(-c3cc(-c4cc5ccccc5c5ccccc45)nc(-c4ccncc4)n3)ccc2c1. The molecule has 2 heterocycles. The Morgan fingerprint density at radius 3 is 1.92 bits per heavy atom. The Bertz CT molecular complexity index is 1890. The van der Waals surface area contributed by atoms with E-state index in [1.807, 2.05) is 12.1 Å². The third kappa shape index (κ3) is 3.50. The fourth-order valence-electron chi connectivity index (χ4n) is 4.98. The molecule has 36 heavy (non-hydrogen) atoms. The number of aromatic nitrogens is 3. The van der Waals surface area contributed by atoms with Crippen LogP contribution in [0.5, 0.6) is 0 Å². The summed E-state index contributed by atoms with van der Waals surface area (Å²) in [5, 5.41) is 7.25. The van der Waals surface area contributed by atoms with Crippen LogP contribution in [0.4, 0.5) is 0 Å². The molecule has 0 N–H and O–H groups in total. The predicted octanol–water partition coefficient (Wildman–Crippen LogP) is 8.33. The van der Waals surface area contributed by atoms with Gasteiger partial charge in [-0.05, 0) is 62.6 Å². The maximum absolute atomic E-state index is 5.08. The Balaban J connectivity index is 1.52. The van der Waals surface area contributed by atoms with E-state index in [1.165, 1.54) is 32.3 Å². The van der Waals surface area contributed by atoms with E-state index in [-0.39, 0.29) is 0 Å². The zero-order valence-electron chi connectivity index (χ0n) is 19.5. The first kappa shape index (κ1) is 20.5. The largest absolute Gasteiger partial charge is 0.265 e. The first-order valence-electron chi connectivity index (χ1n) is 12.0. The Morgan fingerprint density at radius 2 is 1.08 bits per heavy atom. The molecule has 0 spiro atoms. The summed E-state index contributed by atoms with van der Waals surface area (Å²) in [6.07, 6.45) is 3.57. The molecule has 7 rings (SSSR count). The molecule has 2 aromatic heterocycles. The maximum Gasteiger partial charge on any atom is 0.160 e. The van der Waals surface area contributed by atoms with E-state index in [2.05, 4.69) is 108 Å². The second-order valence-electron chi connectivity index (χ2n) is 8.95. The average molecular weight is 460 g/mol. The lowest BCUT2D eigenvalue weighted by Crippen LogP contribution is -1.97. The second kappa shape index (κ2) is 8.40. The van der Waals surface area contributed by atoms with Crippen molar-refractivity contribution in [2.24, 2.45) is 0 Å². The Kier molecular flexibility index (Phi) is 4.78. The molecule has 0 fully saturated rings. The van der Waals surface area contributed by atoms with Crippen LogP contribution in [0.25, 0.3) is 66.2 Å². The van der Waals surface area contributed by atoms with Crippen molar-refractivity contribution in [1.82, 2.24) is 15.0 Å². The monoisotopic (exact) mass is 459 g/mol. The van der Waals surface area contributed by atoms with Crippen molar-refractivity contribution in [3.8, 4) is 33.9 Å². The molecule has 3 heteroatoms.